The van der Waals surface area contributed by atoms with Gasteiger partial charge < -0.3 is 33.8 Å². The van der Waals surface area contributed by atoms with Crippen molar-refractivity contribution in [3.8, 4) is 0 Å². The fourth-order valence-electron chi connectivity index (χ4n) is 11.5. The molecule has 0 radical (unpaired) electrons. The van der Waals surface area contributed by atoms with Gasteiger partial charge in [-0.05, 0) is 49.4 Å². The minimum Gasteiger partial charge on any atom is -0.462 e. The minimum atomic E-state index is -4.96. The first kappa shape index (κ1) is 93.1. The summed E-state index contributed by atoms with van der Waals surface area (Å²) in [6.07, 6.45) is 50.2. The van der Waals surface area contributed by atoms with Crippen LogP contribution in [0.5, 0.6) is 0 Å². The van der Waals surface area contributed by atoms with E-state index in [4.69, 9.17) is 37.0 Å². The van der Waals surface area contributed by atoms with Crippen molar-refractivity contribution in [2.24, 2.45) is 23.7 Å². The average Bonchev–Trinajstić information content (AvgIpc) is 1.57. The maximum Gasteiger partial charge on any atom is 0.472 e. The van der Waals surface area contributed by atoms with Gasteiger partial charge in [0.1, 0.15) is 19.3 Å². The molecule has 17 nitrogen and oxygen atoms in total. The van der Waals surface area contributed by atoms with Crippen molar-refractivity contribution in [1.82, 2.24) is 0 Å². The van der Waals surface area contributed by atoms with Gasteiger partial charge in [0.25, 0.3) is 0 Å². The lowest BCUT2D eigenvalue weighted by Crippen LogP contribution is -2.30. The van der Waals surface area contributed by atoms with Crippen molar-refractivity contribution in [2.75, 3.05) is 39.6 Å². The van der Waals surface area contributed by atoms with E-state index in [1.165, 1.54) is 180 Å². The smallest absolute Gasteiger partial charge is 0.462 e. The normalized spacial score (nSPS) is 15.0. The van der Waals surface area contributed by atoms with E-state index >= 15 is 0 Å². The molecule has 0 aliphatic carbocycles. The molecule has 0 aliphatic heterocycles. The second-order valence-corrected chi connectivity index (χ2v) is 31.5. The van der Waals surface area contributed by atoms with Gasteiger partial charge in [-0.15, -0.1) is 0 Å². The number of aliphatic hydroxyl groups is 1. The van der Waals surface area contributed by atoms with Gasteiger partial charge >= 0.3 is 39.5 Å². The number of ether oxygens (including phenoxy) is 4. The summed E-state index contributed by atoms with van der Waals surface area (Å²) in [6, 6.07) is 0. The quantitative estimate of drug-likeness (QED) is 0.0222. The number of carbonyl (C=O) groups excluding carboxylic acids is 4. The van der Waals surface area contributed by atoms with Crippen molar-refractivity contribution in [1.29, 1.82) is 0 Å². The van der Waals surface area contributed by atoms with Crippen LogP contribution in [-0.4, -0.2) is 96.7 Å². The Morgan fingerprint density at radius 2 is 0.505 bits per heavy atom. The summed E-state index contributed by atoms with van der Waals surface area (Å²) in [5.41, 5.74) is 0. The van der Waals surface area contributed by atoms with Crippen molar-refractivity contribution >= 4 is 39.5 Å². The maximum absolute atomic E-state index is 13.1. The molecular weight excluding hydrogens is 1250 g/mol. The highest BCUT2D eigenvalue weighted by molar-refractivity contribution is 7.47. The Balaban J connectivity index is 5.18. The molecule has 0 saturated heterocycles. The summed E-state index contributed by atoms with van der Waals surface area (Å²) >= 11 is 0. The van der Waals surface area contributed by atoms with Crippen LogP contribution in [-0.2, 0) is 65.4 Å². The fraction of sp³-hybridized carbons (Fsp3) is 0.947. The van der Waals surface area contributed by atoms with Crippen LogP contribution in [0.4, 0.5) is 0 Å². The number of phosphoric ester groups is 2. The lowest BCUT2D eigenvalue weighted by molar-refractivity contribution is -0.161. The largest absolute Gasteiger partial charge is 0.472 e. The number of hydrogen-bond donors (Lipinski definition) is 3. The van der Waals surface area contributed by atoms with E-state index in [9.17, 15) is 43.2 Å². The maximum atomic E-state index is 13.1. The zero-order valence-corrected chi connectivity index (χ0v) is 64.1. The third-order valence-corrected chi connectivity index (χ3v) is 20.6. The van der Waals surface area contributed by atoms with E-state index in [-0.39, 0.29) is 25.7 Å². The lowest BCUT2D eigenvalue weighted by atomic mass is 9.99. The summed E-state index contributed by atoms with van der Waals surface area (Å²) < 4.78 is 68.4. The molecule has 8 atom stereocenters. The third kappa shape index (κ3) is 66.4. The minimum absolute atomic E-state index is 0.101. The molecular formula is C76H148O17P2. The summed E-state index contributed by atoms with van der Waals surface area (Å²) in [6.45, 7) is 14.2. The number of rotatable bonds is 73. The van der Waals surface area contributed by atoms with Crippen LogP contribution in [0.25, 0.3) is 0 Å². The number of phosphoric acid groups is 2. The molecule has 0 heterocycles. The summed E-state index contributed by atoms with van der Waals surface area (Å²) in [5, 5.41) is 10.6. The van der Waals surface area contributed by atoms with Crippen LogP contribution in [0.2, 0.25) is 0 Å². The first-order valence-electron chi connectivity index (χ1n) is 39.3. The highest BCUT2D eigenvalue weighted by atomic mass is 31.2. The summed E-state index contributed by atoms with van der Waals surface area (Å²) in [7, 11) is -9.91. The highest BCUT2D eigenvalue weighted by Crippen LogP contribution is 2.45. The van der Waals surface area contributed by atoms with Gasteiger partial charge in [0.15, 0.2) is 12.2 Å². The van der Waals surface area contributed by atoms with Crippen LogP contribution in [0.15, 0.2) is 0 Å². The van der Waals surface area contributed by atoms with Crippen molar-refractivity contribution in [3.63, 3.8) is 0 Å². The van der Waals surface area contributed by atoms with Crippen LogP contribution >= 0.6 is 15.6 Å². The summed E-state index contributed by atoms with van der Waals surface area (Å²) in [4.78, 5) is 72.7. The number of esters is 4. The lowest BCUT2D eigenvalue weighted by Gasteiger charge is -2.21. The highest BCUT2D eigenvalue weighted by Gasteiger charge is 2.30. The van der Waals surface area contributed by atoms with Gasteiger partial charge in [-0.3, -0.25) is 37.3 Å². The van der Waals surface area contributed by atoms with Crippen molar-refractivity contribution < 1.29 is 80.2 Å². The standard InChI is InChI=1S/C76H148O17P2/c1-9-67(6)53-45-37-28-24-20-18-16-14-12-13-15-17-19-21-27-31-42-50-58-75(80)92-71(62-86-73(78)56-48-40-30-26-23-22-25-29-38-46-54-68(7)10-2)64-90-94(82,83)88-60-70(77)61-89-95(84,85)91-65-72(93-76(81)59-51-43-34-32-36-44-52-66(4)5)63-87-74(79)57-49-41-35-33-39-47-55-69(8)11-3/h66-72,77H,9-65H2,1-8H3,(H,82,83)(H,84,85)/t67?,68?,69?,70-,71-,72-/m1/s1. The Labute approximate surface area is 581 Å². The van der Waals surface area contributed by atoms with Crippen molar-refractivity contribution in [3.05, 3.63) is 0 Å². The van der Waals surface area contributed by atoms with Gasteiger partial charge in [-0.25, -0.2) is 9.13 Å². The van der Waals surface area contributed by atoms with Crippen LogP contribution < -0.4 is 0 Å². The second kappa shape index (κ2) is 65.4. The van der Waals surface area contributed by atoms with E-state index in [1.807, 2.05) is 0 Å². The molecule has 0 aliphatic rings. The molecule has 19 heteroatoms. The van der Waals surface area contributed by atoms with E-state index in [2.05, 4.69) is 55.4 Å². The summed E-state index contributed by atoms with van der Waals surface area (Å²) in [5.74, 6) is 0.953. The number of carbonyl (C=O) groups is 4. The molecule has 564 valence electrons. The van der Waals surface area contributed by atoms with E-state index in [1.54, 1.807) is 0 Å². The van der Waals surface area contributed by atoms with Gasteiger partial charge in [-0.1, -0.05) is 331 Å². The zero-order chi connectivity index (χ0) is 70.3. The molecule has 0 aromatic rings. The third-order valence-electron chi connectivity index (χ3n) is 18.7. The molecule has 0 fully saturated rings. The van der Waals surface area contributed by atoms with E-state index in [0.717, 1.165) is 114 Å². The topological polar surface area (TPSA) is 237 Å². The van der Waals surface area contributed by atoms with Crippen molar-refractivity contribution in [2.45, 2.75) is 401 Å². The Morgan fingerprint density at radius 1 is 0.295 bits per heavy atom. The molecule has 3 N–H and O–H groups in total. The molecule has 0 aromatic carbocycles. The Kier molecular flexibility index (Phi) is 64.0. The van der Waals surface area contributed by atoms with Crippen LogP contribution in [0.1, 0.15) is 383 Å². The molecule has 0 rings (SSSR count). The predicted molar refractivity (Wildman–Crippen MR) is 386 cm³/mol. The van der Waals surface area contributed by atoms with E-state index in [0.29, 0.717) is 31.6 Å². The first-order chi connectivity index (χ1) is 45.7. The van der Waals surface area contributed by atoms with Gasteiger partial charge in [0.05, 0.1) is 26.4 Å². The van der Waals surface area contributed by atoms with Gasteiger partial charge in [0.2, 0.25) is 0 Å². The zero-order valence-electron chi connectivity index (χ0n) is 62.3. The average molecular weight is 1400 g/mol. The van der Waals surface area contributed by atoms with Gasteiger partial charge in [0, 0.05) is 25.7 Å². The Bertz CT molecular complexity index is 1870. The van der Waals surface area contributed by atoms with Crippen LogP contribution in [0, 0.1) is 23.7 Å². The fourth-order valence-corrected chi connectivity index (χ4v) is 13.0. The molecule has 0 aromatic heterocycles. The second-order valence-electron chi connectivity index (χ2n) is 28.6. The van der Waals surface area contributed by atoms with E-state index < -0.39 is 97.5 Å². The SMILES string of the molecule is CCC(C)CCCCCCCCCCCCCCCCCCCCC(=O)O[C@H](COC(=O)CCCCCCCCCCCCC(C)CC)COP(=O)(O)OC[C@@H](O)COP(=O)(O)OC[C@@H](COC(=O)CCCCCCCCC(C)CC)OC(=O)CCCCCCCCC(C)C. The molecule has 0 spiro atoms. The molecule has 5 unspecified atom stereocenters. The predicted octanol–water partition coefficient (Wildman–Crippen LogP) is 22.0. The first-order valence-corrected chi connectivity index (χ1v) is 42.3. The number of aliphatic hydroxyl groups excluding tert-OH is 1. The van der Waals surface area contributed by atoms with Crippen LogP contribution in [0.3, 0.4) is 0 Å². The van der Waals surface area contributed by atoms with Gasteiger partial charge in [-0.2, -0.15) is 0 Å². The molecule has 0 amide bonds. The molecule has 0 saturated carbocycles. The molecule has 95 heavy (non-hydrogen) atoms. The Hall–Kier alpha value is -1.94. The number of hydrogen-bond acceptors (Lipinski definition) is 15. The Morgan fingerprint density at radius 3 is 0.747 bits per heavy atom. The monoisotopic (exact) mass is 1400 g/mol. The number of unbranched alkanes of at least 4 members (excludes halogenated alkanes) is 36. The molecule has 0 bridgehead atoms.